The van der Waals surface area contributed by atoms with Gasteiger partial charge >= 0.3 is 0 Å². The van der Waals surface area contributed by atoms with Crippen molar-refractivity contribution < 1.29 is 14.3 Å². The van der Waals surface area contributed by atoms with Crippen molar-refractivity contribution in [2.75, 3.05) is 18.9 Å². The molecule has 2 rings (SSSR count). The fourth-order valence-corrected chi connectivity index (χ4v) is 2.05. The summed E-state index contributed by atoms with van der Waals surface area (Å²) in [6.07, 6.45) is 0.635. The highest BCUT2D eigenvalue weighted by Crippen LogP contribution is 2.19. The molecule has 1 amide bonds. The van der Waals surface area contributed by atoms with E-state index in [0.717, 1.165) is 5.56 Å². The smallest absolute Gasteiger partial charge is 0.253 e. The van der Waals surface area contributed by atoms with Gasteiger partial charge in [-0.2, -0.15) is 0 Å². The quantitative estimate of drug-likeness (QED) is 0.792. The Hall–Kier alpha value is -2.56. The van der Waals surface area contributed by atoms with Crippen LogP contribution >= 0.6 is 0 Å². The summed E-state index contributed by atoms with van der Waals surface area (Å²) in [6, 6.07) is 11.2. The van der Waals surface area contributed by atoms with Crippen molar-refractivity contribution in [3.8, 4) is 5.75 Å². The maximum atomic E-state index is 13.6. The van der Waals surface area contributed by atoms with Crippen LogP contribution < -0.4 is 10.6 Å². The number of benzene rings is 2. The van der Waals surface area contributed by atoms with Gasteiger partial charge in [0.25, 0.3) is 5.91 Å². The minimum Gasteiger partial charge on any atom is -0.508 e. The number of hydrogen-bond acceptors (Lipinski definition) is 3. The van der Waals surface area contributed by atoms with Gasteiger partial charge in [0.1, 0.15) is 11.6 Å². The molecule has 110 valence electrons. The third-order valence-corrected chi connectivity index (χ3v) is 3.14. The molecular formula is C16H17FN2O2. The lowest BCUT2D eigenvalue weighted by atomic mass is 10.1. The Kier molecular flexibility index (Phi) is 4.77. The standard InChI is InChI=1S/C16H17FN2O2/c1-18-15-13(3-2-4-14(15)17)16(21)19-10-9-11-5-7-12(20)8-6-11/h2-8,18,20H,9-10H2,1H3,(H,19,21). The average molecular weight is 288 g/mol. The van der Waals surface area contributed by atoms with Gasteiger partial charge in [-0.15, -0.1) is 0 Å². The zero-order valence-electron chi connectivity index (χ0n) is 11.7. The van der Waals surface area contributed by atoms with Crippen molar-refractivity contribution in [1.82, 2.24) is 5.32 Å². The second kappa shape index (κ2) is 6.74. The molecule has 0 radical (unpaired) electrons. The number of phenols is 1. The Bertz CT molecular complexity index is 627. The van der Waals surface area contributed by atoms with Crippen molar-refractivity contribution in [3.63, 3.8) is 0 Å². The largest absolute Gasteiger partial charge is 0.508 e. The SMILES string of the molecule is CNc1c(F)cccc1C(=O)NCCc1ccc(O)cc1. The third kappa shape index (κ3) is 3.72. The fourth-order valence-electron chi connectivity index (χ4n) is 2.05. The Morgan fingerprint density at radius 2 is 1.90 bits per heavy atom. The average Bonchev–Trinajstić information content (AvgIpc) is 2.49. The molecule has 0 fully saturated rings. The number of para-hydroxylation sites is 1. The number of hydrogen-bond donors (Lipinski definition) is 3. The van der Waals surface area contributed by atoms with Crippen LogP contribution in [-0.4, -0.2) is 24.6 Å². The van der Waals surface area contributed by atoms with E-state index in [1.807, 2.05) is 0 Å². The van der Waals surface area contributed by atoms with Crippen LogP contribution in [0, 0.1) is 5.82 Å². The molecule has 21 heavy (non-hydrogen) atoms. The molecule has 0 atom stereocenters. The summed E-state index contributed by atoms with van der Waals surface area (Å²) in [6.45, 7) is 0.434. The van der Waals surface area contributed by atoms with Gasteiger partial charge in [0.2, 0.25) is 0 Å². The van der Waals surface area contributed by atoms with E-state index in [9.17, 15) is 14.3 Å². The summed E-state index contributed by atoms with van der Waals surface area (Å²) in [7, 11) is 1.58. The minimum absolute atomic E-state index is 0.194. The Balaban J connectivity index is 1.96. The molecule has 0 unspecified atom stereocenters. The van der Waals surface area contributed by atoms with Crippen molar-refractivity contribution in [1.29, 1.82) is 0 Å². The van der Waals surface area contributed by atoms with E-state index in [-0.39, 0.29) is 22.9 Å². The van der Waals surface area contributed by atoms with Crippen LogP contribution in [0.3, 0.4) is 0 Å². The molecule has 0 bridgehead atoms. The number of amides is 1. The molecule has 4 nitrogen and oxygen atoms in total. The molecule has 0 saturated heterocycles. The first-order chi connectivity index (χ1) is 10.1. The Morgan fingerprint density at radius 3 is 2.57 bits per heavy atom. The molecule has 0 aliphatic rings. The molecule has 2 aromatic carbocycles. The van der Waals surface area contributed by atoms with Crippen LogP contribution in [0.2, 0.25) is 0 Å². The van der Waals surface area contributed by atoms with Gasteiger partial charge in [-0.1, -0.05) is 18.2 Å². The van der Waals surface area contributed by atoms with E-state index in [2.05, 4.69) is 10.6 Å². The number of aromatic hydroxyl groups is 1. The molecule has 0 spiro atoms. The van der Waals surface area contributed by atoms with Crippen LogP contribution in [0.25, 0.3) is 0 Å². The number of rotatable bonds is 5. The third-order valence-electron chi connectivity index (χ3n) is 3.14. The van der Waals surface area contributed by atoms with Crippen molar-refractivity contribution in [2.45, 2.75) is 6.42 Å². The number of halogens is 1. The van der Waals surface area contributed by atoms with Crippen LogP contribution in [0.4, 0.5) is 10.1 Å². The van der Waals surface area contributed by atoms with Crippen molar-refractivity contribution >= 4 is 11.6 Å². The van der Waals surface area contributed by atoms with Crippen molar-refractivity contribution in [3.05, 3.63) is 59.4 Å². The van der Waals surface area contributed by atoms with Crippen LogP contribution in [0.15, 0.2) is 42.5 Å². The number of nitrogens with one attached hydrogen (secondary N) is 2. The summed E-state index contributed by atoms with van der Waals surface area (Å²) >= 11 is 0. The topological polar surface area (TPSA) is 61.4 Å². The van der Waals surface area contributed by atoms with E-state index in [1.165, 1.54) is 12.1 Å². The number of carbonyl (C=O) groups is 1. The van der Waals surface area contributed by atoms with Crippen LogP contribution in [0.5, 0.6) is 5.75 Å². The molecular weight excluding hydrogens is 271 g/mol. The normalized spacial score (nSPS) is 10.2. The maximum Gasteiger partial charge on any atom is 0.253 e. The number of anilines is 1. The first-order valence-electron chi connectivity index (χ1n) is 6.64. The highest BCUT2D eigenvalue weighted by atomic mass is 19.1. The van der Waals surface area contributed by atoms with Crippen LogP contribution in [0.1, 0.15) is 15.9 Å². The maximum absolute atomic E-state index is 13.6. The summed E-state index contributed by atoms with van der Waals surface area (Å²) in [5, 5.41) is 14.6. The van der Waals surface area contributed by atoms with E-state index in [1.54, 1.807) is 37.4 Å². The lowest BCUT2D eigenvalue weighted by Gasteiger charge is -2.10. The zero-order chi connectivity index (χ0) is 15.2. The first kappa shape index (κ1) is 14.8. The van der Waals surface area contributed by atoms with Gasteiger partial charge < -0.3 is 15.7 Å². The first-order valence-corrected chi connectivity index (χ1v) is 6.64. The van der Waals surface area contributed by atoms with Gasteiger partial charge in [0.15, 0.2) is 0 Å². The lowest BCUT2D eigenvalue weighted by Crippen LogP contribution is -2.26. The molecule has 0 heterocycles. The molecule has 0 aliphatic carbocycles. The van der Waals surface area contributed by atoms with E-state index >= 15 is 0 Å². The fraction of sp³-hybridized carbons (Fsp3) is 0.188. The number of phenolic OH excluding ortho intramolecular Hbond substituents is 1. The second-order valence-electron chi connectivity index (χ2n) is 4.58. The van der Waals surface area contributed by atoms with Gasteiger partial charge in [-0.05, 0) is 36.2 Å². The molecule has 0 saturated carbocycles. The second-order valence-corrected chi connectivity index (χ2v) is 4.58. The molecule has 0 aromatic heterocycles. The minimum atomic E-state index is -0.455. The Labute approximate surface area is 122 Å². The summed E-state index contributed by atoms with van der Waals surface area (Å²) in [4.78, 5) is 12.1. The highest BCUT2D eigenvalue weighted by molar-refractivity contribution is 5.99. The van der Waals surface area contributed by atoms with E-state index < -0.39 is 5.82 Å². The predicted octanol–water partition coefficient (Wildman–Crippen LogP) is 2.55. The molecule has 2 aromatic rings. The molecule has 0 aliphatic heterocycles. The predicted molar refractivity (Wildman–Crippen MR) is 80.1 cm³/mol. The van der Waals surface area contributed by atoms with E-state index in [0.29, 0.717) is 13.0 Å². The number of carbonyl (C=O) groups excluding carboxylic acids is 1. The highest BCUT2D eigenvalue weighted by Gasteiger charge is 2.13. The Morgan fingerprint density at radius 1 is 1.19 bits per heavy atom. The molecule has 3 N–H and O–H groups in total. The zero-order valence-corrected chi connectivity index (χ0v) is 11.7. The van der Waals surface area contributed by atoms with Gasteiger partial charge in [0.05, 0.1) is 11.3 Å². The van der Waals surface area contributed by atoms with Gasteiger partial charge in [-0.3, -0.25) is 4.79 Å². The lowest BCUT2D eigenvalue weighted by molar-refractivity contribution is 0.0954. The summed E-state index contributed by atoms with van der Waals surface area (Å²) < 4.78 is 13.6. The van der Waals surface area contributed by atoms with Gasteiger partial charge in [0, 0.05) is 13.6 Å². The summed E-state index contributed by atoms with van der Waals surface area (Å²) in [5.41, 5.74) is 1.48. The summed E-state index contributed by atoms with van der Waals surface area (Å²) in [5.74, 6) is -0.567. The van der Waals surface area contributed by atoms with Gasteiger partial charge in [-0.25, -0.2) is 4.39 Å². The molecule has 5 heteroatoms. The van der Waals surface area contributed by atoms with Crippen molar-refractivity contribution in [2.24, 2.45) is 0 Å². The van der Waals surface area contributed by atoms with E-state index in [4.69, 9.17) is 0 Å². The van der Waals surface area contributed by atoms with Crippen LogP contribution in [-0.2, 0) is 6.42 Å². The monoisotopic (exact) mass is 288 g/mol.